The summed E-state index contributed by atoms with van der Waals surface area (Å²) in [6.45, 7) is 3.41. The topological polar surface area (TPSA) is 17.8 Å². The van der Waals surface area contributed by atoms with Crippen LogP contribution >= 0.6 is 23.5 Å². The van der Waals surface area contributed by atoms with Crippen LogP contribution in [0, 0.1) is 0 Å². The minimum Gasteiger partial charge on any atom is -0.337 e. The fraction of sp³-hybridized carbons (Fsp3) is 0.786. The molecule has 18 heavy (non-hydrogen) atoms. The SMILES string of the molecule is CCCCCC1(CCn2ccnc2)SCCCS1. The maximum Gasteiger partial charge on any atom is 0.0945 e. The molecular formula is C14H24N2S2. The summed E-state index contributed by atoms with van der Waals surface area (Å²) in [6, 6.07) is 0. The molecule has 1 aromatic heterocycles. The number of aryl methyl sites for hydroxylation is 1. The van der Waals surface area contributed by atoms with Gasteiger partial charge in [0.1, 0.15) is 0 Å². The van der Waals surface area contributed by atoms with Crippen molar-refractivity contribution in [1.29, 1.82) is 0 Å². The first-order valence-electron chi connectivity index (χ1n) is 7.08. The zero-order valence-electron chi connectivity index (χ0n) is 11.3. The molecule has 1 fully saturated rings. The van der Waals surface area contributed by atoms with Crippen LogP contribution in [-0.4, -0.2) is 25.1 Å². The van der Waals surface area contributed by atoms with E-state index in [1.807, 2.05) is 12.5 Å². The van der Waals surface area contributed by atoms with E-state index in [-0.39, 0.29) is 0 Å². The quantitative estimate of drug-likeness (QED) is 0.690. The van der Waals surface area contributed by atoms with Gasteiger partial charge in [0.25, 0.3) is 0 Å². The Labute approximate surface area is 119 Å². The van der Waals surface area contributed by atoms with Crippen LogP contribution in [0.15, 0.2) is 18.7 Å². The predicted octanol–water partition coefficient (Wildman–Crippen LogP) is 4.42. The molecule has 0 aromatic carbocycles. The average molecular weight is 284 g/mol. The Morgan fingerprint density at radius 2 is 2.06 bits per heavy atom. The first kappa shape index (κ1) is 14.3. The Kier molecular flexibility index (Phi) is 5.96. The number of imidazole rings is 1. The van der Waals surface area contributed by atoms with Crippen LogP contribution in [0.4, 0.5) is 0 Å². The molecule has 102 valence electrons. The van der Waals surface area contributed by atoms with Crippen LogP contribution in [0.2, 0.25) is 0 Å². The molecule has 2 heterocycles. The van der Waals surface area contributed by atoms with Crippen molar-refractivity contribution in [3.8, 4) is 0 Å². The molecule has 0 saturated carbocycles. The van der Waals surface area contributed by atoms with Gasteiger partial charge in [-0.3, -0.25) is 0 Å². The molecule has 0 N–H and O–H groups in total. The van der Waals surface area contributed by atoms with E-state index in [1.165, 1.54) is 50.0 Å². The fourth-order valence-corrected chi connectivity index (χ4v) is 5.78. The number of unbranched alkanes of at least 4 members (excludes halogenated alkanes) is 2. The van der Waals surface area contributed by atoms with Gasteiger partial charge in [-0.1, -0.05) is 26.2 Å². The van der Waals surface area contributed by atoms with Crippen molar-refractivity contribution in [2.45, 2.75) is 56.1 Å². The molecule has 1 aliphatic heterocycles. The second-order valence-electron chi connectivity index (χ2n) is 4.97. The van der Waals surface area contributed by atoms with E-state index in [0.29, 0.717) is 4.08 Å². The molecule has 1 saturated heterocycles. The maximum absolute atomic E-state index is 4.13. The molecule has 0 unspecified atom stereocenters. The molecule has 4 heteroatoms. The first-order valence-corrected chi connectivity index (χ1v) is 9.05. The lowest BCUT2D eigenvalue weighted by molar-refractivity contribution is 0.541. The van der Waals surface area contributed by atoms with Crippen LogP contribution in [-0.2, 0) is 6.54 Å². The summed E-state index contributed by atoms with van der Waals surface area (Å²) in [4.78, 5) is 4.13. The highest BCUT2D eigenvalue weighted by molar-refractivity contribution is 8.18. The third-order valence-corrected chi connectivity index (χ3v) is 7.05. The van der Waals surface area contributed by atoms with Crippen LogP contribution in [0.5, 0.6) is 0 Å². The molecule has 0 radical (unpaired) electrons. The van der Waals surface area contributed by atoms with Gasteiger partial charge in [-0.2, -0.15) is 0 Å². The monoisotopic (exact) mass is 284 g/mol. The molecule has 0 bridgehead atoms. The van der Waals surface area contributed by atoms with Crippen molar-refractivity contribution in [2.75, 3.05) is 11.5 Å². The standard InChI is InChI=1S/C14H24N2S2/c1-2-3-4-6-14(17-11-5-12-18-14)7-9-16-10-8-15-13-16/h8,10,13H,2-7,9,11-12H2,1H3. The van der Waals surface area contributed by atoms with Crippen LogP contribution < -0.4 is 0 Å². The second kappa shape index (κ2) is 7.49. The van der Waals surface area contributed by atoms with Crippen LogP contribution in [0.3, 0.4) is 0 Å². The predicted molar refractivity (Wildman–Crippen MR) is 83.3 cm³/mol. The number of hydrogen-bond donors (Lipinski definition) is 0. The zero-order valence-corrected chi connectivity index (χ0v) is 12.9. The highest BCUT2D eigenvalue weighted by Gasteiger charge is 2.32. The van der Waals surface area contributed by atoms with Gasteiger partial charge in [0.15, 0.2) is 0 Å². The van der Waals surface area contributed by atoms with Gasteiger partial charge in [-0.05, 0) is 30.8 Å². The van der Waals surface area contributed by atoms with Crippen molar-refractivity contribution >= 4 is 23.5 Å². The van der Waals surface area contributed by atoms with Gasteiger partial charge < -0.3 is 4.57 Å². The number of hydrogen-bond acceptors (Lipinski definition) is 3. The molecule has 2 rings (SSSR count). The molecule has 1 aromatic rings. The Hall–Kier alpha value is -0.0900. The number of thioether (sulfide) groups is 2. The second-order valence-corrected chi connectivity index (χ2v) is 8.18. The summed E-state index contributed by atoms with van der Waals surface area (Å²) in [5.74, 6) is 2.70. The summed E-state index contributed by atoms with van der Waals surface area (Å²) < 4.78 is 2.70. The van der Waals surface area contributed by atoms with Crippen molar-refractivity contribution in [2.24, 2.45) is 0 Å². The molecule has 0 atom stereocenters. The van der Waals surface area contributed by atoms with Gasteiger partial charge in [-0.15, -0.1) is 23.5 Å². The van der Waals surface area contributed by atoms with E-state index >= 15 is 0 Å². The average Bonchev–Trinajstić information content (AvgIpc) is 2.91. The highest BCUT2D eigenvalue weighted by atomic mass is 32.2. The molecule has 2 nitrogen and oxygen atoms in total. The fourth-order valence-electron chi connectivity index (χ4n) is 2.39. The van der Waals surface area contributed by atoms with Gasteiger partial charge in [0, 0.05) is 18.9 Å². The van der Waals surface area contributed by atoms with Crippen molar-refractivity contribution in [1.82, 2.24) is 9.55 Å². The molecule has 0 amide bonds. The number of aromatic nitrogens is 2. The van der Waals surface area contributed by atoms with Gasteiger partial charge in [-0.25, -0.2) is 4.98 Å². The van der Waals surface area contributed by atoms with E-state index in [4.69, 9.17) is 0 Å². The van der Waals surface area contributed by atoms with E-state index in [1.54, 1.807) is 0 Å². The molecular weight excluding hydrogens is 260 g/mol. The van der Waals surface area contributed by atoms with Gasteiger partial charge >= 0.3 is 0 Å². The summed E-state index contributed by atoms with van der Waals surface area (Å²) >= 11 is 4.42. The Balaban J connectivity index is 1.86. The normalized spacial score (nSPS) is 18.9. The van der Waals surface area contributed by atoms with Crippen molar-refractivity contribution in [3.05, 3.63) is 18.7 Å². The van der Waals surface area contributed by atoms with E-state index in [9.17, 15) is 0 Å². The Morgan fingerprint density at radius 1 is 1.22 bits per heavy atom. The summed E-state index contributed by atoms with van der Waals surface area (Å²) in [7, 11) is 0. The summed E-state index contributed by atoms with van der Waals surface area (Å²) in [5.41, 5.74) is 0. The lowest BCUT2D eigenvalue weighted by Crippen LogP contribution is -2.26. The minimum absolute atomic E-state index is 0.484. The Morgan fingerprint density at radius 3 is 2.72 bits per heavy atom. The van der Waals surface area contributed by atoms with Crippen LogP contribution in [0.1, 0.15) is 45.4 Å². The van der Waals surface area contributed by atoms with Crippen LogP contribution in [0.25, 0.3) is 0 Å². The lowest BCUT2D eigenvalue weighted by Gasteiger charge is -2.36. The van der Waals surface area contributed by atoms with Crippen molar-refractivity contribution in [3.63, 3.8) is 0 Å². The summed E-state index contributed by atoms with van der Waals surface area (Å²) in [6.07, 6.45) is 14.0. The molecule has 0 aliphatic carbocycles. The van der Waals surface area contributed by atoms with Gasteiger partial charge in [0.2, 0.25) is 0 Å². The molecule has 1 aliphatic rings. The maximum atomic E-state index is 4.13. The molecule has 0 spiro atoms. The lowest BCUT2D eigenvalue weighted by atomic mass is 10.1. The number of rotatable bonds is 7. The van der Waals surface area contributed by atoms with Crippen molar-refractivity contribution < 1.29 is 0 Å². The first-order chi connectivity index (χ1) is 8.85. The third kappa shape index (κ3) is 4.23. The number of nitrogens with zero attached hydrogens (tertiary/aromatic N) is 2. The largest absolute Gasteiger partial charge is 0.337 e. The third-order valence-electron chi connectivity index (χ3n) is 3.49. The van der Waals surface area contributed by atoms with E-state index in [0.717, 1.165) is 6.54 Å². The smallest absolute Gasteiger partial charge is 0.0945 e. The summed E-state index contributed by atoms with van der Waals surface area (Å²) in [5, 5.41) is 0. The van der Waals surface area contributed by atoms with Gasteiger partial charge in [0.05, 0.1) is 10.4 Å². The zero-order chi connectivity index (χ0) is 12.7. The minimum atomic E-state index is 0.484. The van der Waals surface area contributed by atoms with E-state index < -0.39 is 0 Å². The Bertz CT molecular complexity index is 319. The van der Waals surface area contributed by atoms with E-state index in [2.05, 4.69) is 46.2 Å². The highest BCUT2D eigenvalue weighted by Crippen LogP contribution is 2.48.